The number of nitrogens with zero attached hydrogens (tertiary/aromatic N) is 4. The molecule has 190 valence electrons. The highest BCUT2D eigenvalue weighted by Crippen LogP contribution is 2.46. The monoisotopic (exact) mass is 526 g/mol. The predicted octanol–water partition coefficient (Wildman–Crippen LogP) is 3.79. The molecule has 0 aliphatic heterocycles. The first-order valence-corrected chi connectivity index (χ1v) is 12.2. The van der Waals surface area contributed by atoms with Crippen LogP contribution < -0.4 is 10.1 Å². The number of carbonyl (C=O) groups is 1. The molecule has 1 aliphatic carbocycles. The van der Waals surface area contributed by atoms with Crippen molar-refractivity contribution in [3.8, 4) is 11.9 Å². The molecule has 0 radical (unpaired) electrons. The molecule has 10 nitrogen and oxygen atoms in total. The van der Waals surface area contributed by atoms with E-state index in [1.54, 1.807) is 0 Å². The largest absolute Gasteiger partial charge is 0.435 e. The summed E-state index contributed by atoms with van der Waals surface area (Å²) in [7, 11) is -3.14. The lowest BCUT2D eigenvalue weighted by molar-refractivity contribution is -0.142. The number of ether oxygens (including phenoxy) is 1. The molecule has 1 fully saturated rings. The summed E-state index contributed by atoms with van der Waals surface area (Å²) >= 11 is 0. The van der Waals surface area contributed by atoms with Gasteiger partial charge in [0.1, 0.15) is 5.56 Å². The van der Waals surface area contributed by atoms with Crippen LogP contribution in [-0.4, -0.2) is 41.6 Å². The Morgan fingerprint density at radius 1 is 1.28 bits per heavy atom. The number of amides is 1. The maximum absolute atomic E-state index is 14.4. The first kappa shape index (κ1) is 25.4. The zero-order valence-electron chi connectivity index (χ0n) is 18.7. The van der Waals surface area contributed by atoms with E-state index >= 15 is 0 Å². The summed E-state index contributed by atoms with van der Waals surface area (Å²) in [4.78, 5) is 20.4. The van der Waals surface area contributed by atoms with Crippen molar-refractivity contribution < 1.29 is 36.4 Å². The van der Waals surface area contributed by atoms with Crippen LogP contribution in [0.25, 0.3) is 0 Å². The van der Waals surface area contributed by atoms with E-state index in [1.165, 1.54) is 30.5 Å². The average molecular weight is 526 g/mol. The lowest BCUT2D eigenvalue weighted by Gasteiger charge is -2.16. The van der Waals surface area contributed by atoms with Crippen LogP contribution in [0.4, 0.5) is 23.2 Å². The van der Waals surface area contributed by atoms with Crippen LogP contribution in [0.2, 0.25) is 0 Å². The van der Waals surface area contributed by atoms with E-state index < -0.39 is 62.1 Å². The van der Waals surface area contributed by atoms with Gasteiger partial charge >= 0.3 is 12.2 Å². The number of anilines is 1. The Morgan fingerprint density at radius 3 is 2.56 bits per heavy atom. The second-order valence-electron chi connectivity index (χ2n) is 8.17. The van der Waals surface area contributed by atoms with Crippen LogP contribution in [0.5, 0.6) is 11.9 Å². The van der Waals surface area contributed by atoms with E-state index in [9.17, 15) is 31.7 Å². The molecule has 4 rings (SSSR count). The summed E-state index contributed by atoms with van der Waals surface area (Å²) in [6.07, 6.45) is -2.18. The quantitative estimate of drug-likeness (QED) is 0.324. The summed E-state index contributed by atoms with van der Waals surface area (Å²) < 4.78 is 79.7. The molecule has 1 atom stereocenters. The number of alkyl halides is 3. The van der Waals surface area contributed by atoms with Gasteiger partial charge in [0.15, 0.2) is 5.69 Å². The third kappa shape index (κ3) is 5.11. The van der Waals surface area contributed by atoms with Crippen molar-refractivity contribution >= 4 is 21.3 Å². The van der Waals surface area contributed by atoms with Crippen LogP contribution >= 0.6 is 0 Å². The molecule has 1 aliphatic rings. The highest BCUT2D eigenvalue weighted by Gasteiger charge is 2.45. The molecule has 1 unspecified atom stereocenters. The topological polar surface area (TPSA) is 151 Å². The lowest BCUT2D eigenvalue weighted by Crippen LogP contribution is -2.21. The Kier molecular flexibility index (Phi) is 6.16. The van der Waals surface area contributed by atoms with Crippen molar-refractivity contribution in [2.45, 2.75) is 36.4 Å². The number of hydrogen-bond acceptors (Lipinski definition) is 9. The fourth-order valence-corrected chi connectivity index (χ4v) is 3.99. The third-order valence-electron chi connectivity index (χ3n) is 5.36. The molecular formula is C21H18F4N6O4S. The van der Waals surface area contributed by atoms with E-state index in [2.05, 4.69) is 25.5 Å². The van der Waals surface area contributed by atoms with Gasteiger partial charge in [-0.05, 0) is 43.5 Å². The van der Waals surface area contributed by atoms with Gasteiger partial charge in [-0.3, -0.25) is 4.79 Å². The number of rotatable bonds is 6. The van der Waals surface area contributed by atoms with Crippen LogP contribution in [-0.2, 0) is 21.5 Å². The number of aromatic nitrogens is 4. The zero-order chi connectivity index (χ0) is 26.5. The molecule has 3 aromatic rings. The fourth-order valence-electron chi connectivity index (χ4n) is 3.30. The lowest BCUT2D eigenvalue weighted by atomic mass is 10.1. The van der Waals surface area contributed by atoms with Gasteiger partial charge in [-0.25, -0.2) is 14.0 Å². The third-order valence-corrected chi connectivity index (χ3v) is 6.51. The second kappa shape index (κ2) is 8.74. The molecule has 15 heteroatoms. The highest BCUT2D eigenvalue weighted by atomic mass is 32.2. The van der Waals surface area contributed by atoms with Gasteiger partial charge in [-0.1, -0.05) is 6.07 Å². The summed E-state index contributed by atoms with van der Waals surface area (Å²) in [5.41, 5.74) is -4.27. The maximum atomic E-state index is 14.4. The van der Waals surface area contributed by atoms with Crippen LogP contribution in [0, 0.1) is 17.7 Å². The van der Waals surface area contributed by atoms with E-state index in [0.717, 1.165) is 13.1 Å². The van der Waals surface area contributed by atoms with Gasteiger partial charge in [0.05, 0.1) is 20.9 Å². The molecule has 2 aromatic heterocycles. The number of hydrogen-bond donors (Lipinski definition) is 3. The summed E-state index contributed by atoms with van der Waals surface area (Å²) in [5, 5.41) is 18.9. The number of benzene rings is 1. The molecule has 36 heavy (non-hydrogen) atoms. The van der Waals surface area contributed by atoms with Gasteiger partial charge in [-0.15, -0.1) is 10.2 Å². The van der Waals surface area contributed by atoms with Crippen molar-refractivity contribution in [1.29, 1.82) is 4.78 Å². The standard InChI is InChI=1S/C21H18F4N6O4S/c1-10-14(17(32)28-11-4-3-5-12(8-11)36(2,26)34)18(31-30-15(10)21(23,24)25)35-19-27-9-13(16(22)29-19)20(33)6-7-20/h3-5,8-9,26,33H,6-7H2,1-2H3,(H,28,32). The van der Waals surface area contributed by atoms with E-state index in [0.29, 0.717) is 12.8 Å². The van der Waals surface area contributed by atoms with Crippen molar-refractivity contribution in [1.82, 2.24) is 20.2 Å². The van der Waals surface area contributed by atoms with Crippen molar-refractivity contribution in [3.05, 3.63) is 58.8 Å². The second-order valence-corrected chi connectivity index (χ2v) is 10.3. The maximum Gasteiger partial charge on any atom is 0.435 e. The minimum Gasteiger partial charge on any atom is -0.403 e. The molecule has 1 amide bonds. The molecule has 1 aromatic carbocycles. The van der Waals surface area contributed by atoms with Gasteiger partial charge in [0.2, 0.25) is 5.95 Å². The Labute approximate surface area is 201 Å². The van der Waals surface area contributed by atoms with Gasteiger partial charge in [0.25, 0.3) is 11.8 Å². The molecule has 0 spiro atoms. The molecule has 1 saturated carbocycles. The van der Waals surface area contributed by atoms with Crippen LogP contribution in [0.1, 0.15) is 40.0 Å². The number of halogens is 4. The van der Waals surface area contributed by atoms with Crippen LogP contribution in [0.3, 0.4) is 0 Å². The normalized spacial score (nSPS) is 16.2. The Morgan fingerprint density at radius 2 is 1.97 bits per heavy atom. The minimum absolute atomic E-state index is 0.0411. The van der Waals surface area contributed by atoms with Gasteiger partial charge < -0.3 is 15.2 Å². The Hall–Kier alpha value is -3.72. The molecule has 3 N–H and O–H groups in total. The van der Waals surface area contributed by atoms with Gasteiger partial charge in [0, 0.05) is 23.0 Å². The summed E-state index contributed by atoms with van der Waals surface area (Å²) in [6, 6.07) is 4.74. The van der Waals surface area contributed by atoms with E-state index in [-0.39, 0.29) is 16.1 Å². The fraction of sp³-hybridized carbons (Fsp3) is 0.286. The molecule has 0 bridgehead atoms. The number of nitrogens with one attached hydrogen (secondary N) is 2. The van der Waals surface area contributed by atoms with Crippen molar-refractivity contribution in [2.75, 3.05) is 11.6 Å². The first-order chi connectivity index (χ1) is 16.7. The smallest absolute Gasteiger partial charge is 0.403 e. The highest BCUT2D eigenvalue weighted by molar-refractivity contribution is 7.91. The van der Waals surface area contributed by atoms with E-state index in [4.69, 9.17) is 9.52 Å². The van der Waals surface area contributed by atoms with Crippen molar-refractivity contribution in [2.24, 2.45) is 0 Å². The molecular weight excluding hydrogens is 508 g/mol. The number of carbonyl (C=O) groups excluding carboxylic acids is 1. The minimum atomic E-state index is -4.95. The summed E-state index contributed by atoms with van der Waals surface area (Å²) in [5.74, 6) is -2.93. The molecule has 2 heterocycles. The van der Waals surface area contributed by atoms with Gasteiger partial charge in [-0.2, -0.15) is 22.5 Å². The summed E-state index contributed by atoms with van der Waals surface area (Å²) in [6.45, 7) is 0.978. The molecule has 0 saturated heterocycles. The Balaban J connectivity index is 1.73. The van der Waals surface area contributed by atoms with Crippen LogP contribution in [0.15, 0.2) is 35.4 Å². The SMILES string of the molecule is Cc1c(C(F)(F)F)nnc(Oc2ncc(C3(O)CC3)c(F)n2)c1C(=O)Nc1cccc(S(C)(=N)=O)c1. The first-order valence-electron chi connectivity index (χ1n) is 10.2. The predicted molar refractivity (Wildman–Crippen MR) is 116 cm³/mol. The van der Waals surface area contributed by atoms with Crippen molar-refractivity contribution in [3.63, 3.8) is 0 Å². The Bertz CT molecular complexity index is 1480. The zero-order valence-corrected chi connectivity index (χ0v) is 19.5. The number of aliphatic hydroxyl groups is 1. The average Bonchev–Trinajstić information content (AvgIpc) is 3.50. The van der Waals surface area contributed by atoms with E-state index in [1.807, 2.05) is 0 Å².